The van der Waals surface area contributed by atoms with Crippen LogP contribution in [-0.4, -0.2) is 15.2 Å². The summed E-state index contributed by atoms with van der Waals surface area (Å²) >= 11 is 0. The topological polar surface area (TPSA) is 26.3 Å². The monoisotopic (exact) mass is 406 g/mol. The quantitative estimate of drug-likeness (QED) is 0.375. The third kappa shape index (κ3) is 4.21. The Kier molecular flexibility index (Phi) is 6.07. The van der Waals surface area contributed by atoms with E-state index >= 15 is 0 Å². The Morgan fingerprint density at radius 3 is 1.64 bits per heavy atom. The Morgan fingerprint density at radius 1 is 0.786 bits per heavy atom. The molecule has 0 aliphatic rings. The molecule has 4 heteroatoms. The number of benzene rings is 3. The van der Waals surface area contributed by atoms with Crippen molar-refractivity contribution < 1.29 is 9.30 Å². The Hall–Kier alpha value is -2.35. The number of hydrogen-bond donors (Lipinski definition) is 0. The van der Waals surface area contributed by atoms with Gasteiger partial charge in [0.25, 0.3) is 0 Å². The van der Waals surface area contributed by atoms with Crippen molar-refractivity contribution in [1.82, 2.24) is 0 Å². The van der Waals surface area contributed by atoms with Crippen LogP contribution in [0, 0.1) is 0 Å². The maximum atomic E-state index is 14.8. The largest absolute Gasteiger partial charge is 0.497 e. The van der Waals surface area contributed by atoms with Crippen LogP contribution in [0.25, 0.3) is 6.08 Å². The number of ether oxygens (including phenoxy) is 1. The predicted octanol–water partition coefficient (Wildman–Crippen LogP) is 5.93. The van der Waals surface area contributed by atoms with Gasteiger partial charge >= 0.3 is 0 Å². The van der Waals surface area contributed by atoms with Crippen molar-refractivity contribution in [3.63, 3.8) is 0 Å². The van der Waals surface area contributed by atoms with Crippen LogP contribution in [-0.2, 0) is 4.57 Å². The zero-order valence-corrected chi connectivity index (χ0v) is 18.8. The van der Waals surface area contributed by atoms with Gasteiger partial charge in [0.2, 0.25) is 0 Å². The molecule has 0 saturated heterocycles. The lowest BCUT2D eigenvalue weighted by Crippen LogP contribution is -2.30. The lowest BCUT2D eigenvalue weighted by Gasteiger charge is -2.30. The van der Waals surface area contributed by atoms with Crippen LogP contribution < -0.4 is 15.3 Å². The molecule has 3 rings (SSSR count). The summed E-state index contributed by atoms with van der Waals surface area (Å²) in [6.45, 7) is 6.79. The fraction of sp³-hybridized carbons (Fsp3) is 0.167. The van der Waals surface area contributed by atoms with Crippen molar-refractivity contribution in [1.29, 1.82) is 0 Å². The third-order valence-electron chi connectivity index (χ3n) is 4.77. The average molecular weight is 407 g/mol. The summed E-state index contributed by atoms with van der Waals surface area (Å²) in [4.78, 5) is 1.07. The first kappa shape index (κ1) is 20.4. The summed E-state index contributed by atoms with van der Waals surface area (Å²) in [5.41, 5.74) is 1.05. The molecule has 0 aliphatic carbocycles. The van der Waals surface area contributed by atoms with E-state index in [-0.39, 0.29) is 0 Å². The van der Waals surface area contributed by atoms with Crippen LogP contribution in [0.4, 0.5) is 0 Å². The molecule has 0 saturated carbocycles. The van der Waals surface area contributed by atoms with Gasteiger partial charge in [-0.2, -0.15) is 0 Å². The molecule has 144 valence electrons. The van der Waals surface area contributed by atoms with Gasteiger partial charge in [-0.3, -0.25) is 0 Å². The summed E-state index contributed by atoms with van der Waals surface area (Å²) in [5.74, 6) is 0.820. The van der Waals surface area contributed by atoms with E-state index in [9.17, 15) is 4.57 Å². The van der Waals surface area contributed by atoms with Crippen molar-refractivity contribution in [2.45, 2.75) is 19.6 Å². The van der Waals surface area contributed by atoms with Gasteiger partial charge in [0, 0.05) is 10.6 Å². The van der Waals surface area contributed by atoms with E-state index in [0.717, 1.165) is 26.9 Å². The zero-order valence-electron chi connectivity index (χ0n) is 16.9. The van der Waals surface area contributed by atoms with Crippen molar-refractivity contribution in [3.05, 3.63) is 95.4 Å². The van der Waals surface area contributed by atoms with Crippen molar-refractivity contribution >= 4 is 31.9 Å². The van der Waals surface area contributed by atoms with Crippen molar-refractivity contribution in [3.8, 4) is 5.75 Å². The first-order valence-electron chi connectivity index (χ1n) is 9.44. The van der Waals surface area contributed by atoms with Crippen LogP contribution >= 0.6 is 7.14 Å². The van der Waals surface area contributed by atoms with Gasteiger partial charge in [-0.25, -0.2) is 0 Å². The van der Waals surface area contributed by atoms with Crippen molar-refractivity contribution in [2.75, 3.05) is 7.11 Å². The highest BCUT2D eigenvalue weighted by Gasteiger charge is 2.38. The molecule has 2 nitrogen and oxygen atoms in total. The number of rotatable bonds is 6. The summed E-state index contributed by atoms with van der Waals surface area (Å²) in [6, 6.07) is 27.8. The van der Waals surface area contributed by atoms with Crippen molar-refractivity contribution in [2.24, 2.45) is 0 Å². The molecule has 0 fully saturated rings. The van der Waals surface area contributed by atoms with Gasteiger partial charge < -0.3 is 9.30 Å². The lowest BCUT2D eigenvalue weighted by atomic mass is 10.2. The summed E-state index contributed by atoms with van der Waals surface area (Å²) < 4.78 is 20.1. The van der Waals surface area contributed by atoms with E-state index in [1.54, 1.807) is 7.11 Å². The Morgan fingerprint density at radius 2 is 1.25 bits per heavy atom. The maximum absolute atomic E-state index is 14.8. The minimum atomic E-state index is -2.95. The third-order valence-corrected chi connectivity index (χ3v) is 12.3. The lowest BCUT2D eigenvalue weighted by molar-refractivity contribution is 0.415. The molecule has 0 aliphatic heterocycles. The van der Waals surface area contributed by atoms with E-state index in [1.165, 1.54) is 0 Å². The smallest absolute Gasteiger partial charge is 0.163 e. The maximum Gasteiger partial charge on any atom is 0.163 e. The van der Waals surface area contributed by atoms with Crippen LogP contribution in [0.1, 0.15) is 5.56 Å². The second-order valence-corrected chi connectivity index (χ2v) is 16.0. The first-order chi connectivity index (χ1) is 13.4. The van der Waals surface area contributed by atoms with Gasteiger partial charge in [-0.15, -0.1) is 0 Å². The number of hydrogen-bond acceptors (Lipinski definition) is 2. The normalized spacial score (nSPS) is 12.6. The number of methoxy groups -OCH3 is 1. The molecule has 0 atom stereocenters. The molecule has 0 aromatic heterocycles. The Bertz CT molecular complexity index is 945. The van der Waals surface area contributed by atoms with Crippen LogP contribution in [0.5, 0.6) is 5.75 Å². The standard InChI is InChI=1S/C24H27O2PSi/c1-26-21-17-15-20(16-18-21)19-24(28(2,3)4)27(25,22-11-7-5-8-12-22)23-13-9-6-10-14-23/h5-19H,1-4H3/b24-19-. The van der Waals surface area contributed by atoms with Crippen LogP contribution in [0.2, 0.25) is 19.6 Å². The molecule has 3 aromatic rings. The second kappa shape index (κ2) is 8.34. The summed E-state index contributed by atoms with van der Waals surface area (Å²) in [7, 11) is -3.21. The molecule has 0 N–H and O–H groups in total. The van der Waals surface area contributed by atoms with Crippen LogP contribution in [0.3, 0.4) is 0 Å². The Labute approximate surface area is 169 Å². The van der Waals surface area contributed by atoms with E-state index in [1.807, 2.05) is 84.9 Å². The predicted molar refractivity (Wildman–Crippen MR) is 124 cm³/mol. The minimum Gasteiger partial charge on any atom is -0.497 e. The molecule has 0 bridgehead atoms. The summed E-state index contributed by atoms with van der Waals surface area (Å²) in [6.07, 6.45) is 2.15. The molecule has 0 unspecified atom stereocenters. The molecule has 0 spiro atoms. The molecule has 0 heterocycles. The van der Waals surface area contributed by atoms with E-state index in [2.05, 4.69) is 25.7 Å². The van der Waals surface area contributed by atoms with Gasteiger partial charge in [-0.05, 0) is 22.6 Å². The molecule has 3 aromatic carbocycles. The highest BCUT2D eigenvalue weighted by molar-refractivity contribution is 7.85. The first-order valence-corrected chi connectivity index (χ1v) is 14.6. The van der Waals surface area contributed by atoms with Crippen LogP contribution in [0.15, 0.2) is 89.9 Å². The van der Waals surface area contributed by atoms with E-state index in [4.69, 9.17) is 4.74 Å². The fourth-order valence-electron chi connectivity index (χ4n) is 3.34. The minimum absolute atomic E-state index is 0.820. The summed E-state index contributed by atoms with van der Waals surface area (Å²) in [5, 5.41) is 1.78. The second-order valence-electron chi connectivity index (χ2n) is 7.83. The zero-order chi connectivity index (χ0) is 20.2. The Balaban J connectivity index is 2.27. The van der Waals surface area contributed by atoms with Gasteiger partial charge in [0.15, 0.2) is 7.14 Å². The average Bonchev–Trinajstić information content (AvgIpc) is 2.72. The van der Waals surface area contributed by atoms with Gasteiger partial charge in [-0.1, -0.05) is 98.5 Å². The van der Waals surface area contributed by atoms with Gasteiger partial charge in [0.05, 0.1) is 15.2 Å². The highest BCUT2D eigenvalue weighted by atomic mass is 31.2. The molecular formula is C24H27O2PSi. The van der Waals surface area contributed by atoms with Gasteiger partial charge in [0.1, 0.15) is 5.75 Å². The highest BCUT2D eigenvalue weighted by Crippen LogP contribution is 2.55. The molecular weight excluding hydrogens is 379 g/mol. The molecule has 28 heavy (non-hydrogen) atoms. The fourth-order valence-corrected chi connectivity index (χ4v) is 10.9. The molecule has 0 amide bonds. The SMILES string of the molecule is COc1ccc(/C=C(\[Si](C)(C)C)P(=O)(c2ccccc2)c2ccccc2)cc1. The molecule has 0 radical (unpaired) electrons. The van der Waals surface area contributed by atoms with E-state index in [0.29, 0.717) is 0 Å². The van der Waals surface area contributed by atoms with E-state index < -0.39 is 15.2 Å².